The number of para-hydroxylation sites is 1. The Bertz CT molecular complexity index is 1230. The number of amides is 1. The van der Waals surface area contributed by atoms with E-state index < -0.39 is 21.7 Å². The van der Waals surface area contributed by atoms with E-state index in [1.807, 2.05) is 12.1 Å². The molecule has 0 aliphatic carbocycles. The smallest absolute Gasteiger partial charge is 0.262 e. The minimum absolute atomic E-state index is 0.131. The van der Waals surface area contributed by atoms with Crippen LogP contribution in [0.3, 0.4) is 0 Å². The molecule has 0 bridgehead atoms. The Kier molecular flexibility index (Phi) is 6.36. The van der Waals surface area contributed by atoms with Crippen molar-refractivity contribution in [2.24, 2.45) is 0 Å². The lowest BCUT2D eigenvalue weighted by molar-refractivity contribution is 0.0950. The molecule has 1 aliphatic rings. The monoisotopic (exact) mass is 454 g/mol. The highest BCUT2D eigenvalue weighted by atomic mass is 32.2. The van der Waals surface area contributed by atoms with Crippen molar-refractivity contribution in [1.29, 1.82) is 0 Å². The molecule has 1 saturated heterocycles. The van der Waals surface area contributed by atoms with E-state index in [-0.39, 0.29) is 22.7 Å². The van der Waals surface area contributed by atoms with Crippen LogP contribution >= 0.6 is 0 Å². The molecule has 3 aromatic rings. The number of carbonyl (C=O) groups excluding carboxylic acids is 1. The molecule has 1 aromatic heterocycles. The van der Waals surface area contributed by atoms with Crippen molar-refractivity contribution in [2.45, 2.75) is 24.3 Å². The van der Waals surface area contributed by atoms with Gasteiger partial charge < -0.3 is 10.2 Å². The first-order chi connectivity index (χ1) is 15.4. The Balaban J connectivity index is 1.44. The van der Waals surface area contributed by atoms with Crippen LogP contribution in [0.5, 0.6) is 0 Å². The summed E-state index contributed by atoms with van der Waals surface area (Å²) in [6, 6.07) is 14.9. The second kappa shape index (κ2) is 9.35. The number of benzene rings is 2. The van der Waals surface area contributed by atoms with E-state index in [0.717, 1.165) is 43.4 Å². The fourth-order valence-corrected chi connectivity index (χ4v) is 4.64. The topological polar surface area (TPSA) is 91.4 Å². The number of rotatable bonds is 7. The van der Waals surface area contributed by atoms with Gasteiger partial charge in [-0.1, -0.05) is 18.2 Å². The first kappa shape index (κ1) is 21.8. The van der Waals surface area contributed by atoms with Crippen LogP contribution < -0.4 is 14.9 Å². The summed E-state index contributed by atoms with van der Waals surface area (Å²) in [7, 11) is -4.06. The number of halogens is 1. The van der Waals surface area contributed by atoms with Crippen molar-refractivity contribution >= 4 is 27.4 Å². The fourth-order valence-electron chi connectivity index (χ4n) is 3.53. The standard InChI is InChI=1S/C23H23FN4O3S/c24-20-8-1-2-9-21(20)27-32(30,31)19-7-5-6-18(15-19)23(29)26-16-17-10-11-25-22(14-17)28-12-3-4-13-28/h1-2,5-11,14-15,27H,3-4,12-13,16H2,(H,26,29). The van der Waals surface area contributed by atoms with Crippen molar-refractivity contribution in [1.82, 2.24) is 10.3 Å². The van der Waals surface area contributed by atoms with E-state index >= 15 is 0 Å². The fraction of sp³-hybridized carbons (Fsp3) is 0.217. The molecule has 2 aromatic carbocycles. The van der Waals surface area contributed by atoms with Crippen LogP contribution in [0, 0.1) is 5.82 Å². The van der Waals surface area contributed by atoms with E-state index in [2.05, 4.69) is 19.9 Å². The lowest BCUT2D eigenvalue weighted by atomic mass is 10.2. The molecule has 166 valence electrons. The number of nitrogens with zero attached hydrogens (tertiary/aromatic N) is 2. The van der Waals surface area contributed by atoms with Gasteiger partial charge in [0.05, 0.1) is 10.6 Å². The van der Waals surface area contributed by atoms with E-state index in [1.165, 1.54) is 42.5 Å². The molecule has 9 heteroatoms. The zero-order valence-electron chi connectivity index (χ0n) is 17.3. The lowest BCUT2D eigenvalue weighted by Crippen LogP contribution is -2.24. The Labute approximate surface area is 186 Å². The largest absolute Gasteiger partial charge is 0.357 e. The maximum absolute atomic E-state index is 13.8. The number of sulfonamides is 1. The molecule has 1 fully saturated rings. The molecule has 0 saturated carbocycles. The van der Waals surface area contributed by atoms with Crippen LogP contribution in [0.2, 0.25) is 0 Å². The zero-order chi connectivity index (χ0) is 22.6. The van der Waals surface area contributed by atoms with Crippen molar-refractivity contribution < 1.29 is 17.6 Å². The number of carbonyl (C=O) groups is 1. The minimum Gasteiger partial charge on any atom is -0.357 e. The summed E-state index contributed by atoms with van der Waals surface area (Å²) in [6.07, 6.45) is 4.01. The van der Waals surface area contributed by atoms with Gasteiger partial charge in [0.1, 0.15) is 11.6 Å². The molecule has 0 atom stereocenters. The summed E-state index contributed by atoms with van der Waals surface area (Å²) in [5.74, 6) is -0.204. The number of anilines is 2. The molecule has 7 nitrogen and oxygen atoms in total. The summed E-state index contributed by atoms with van der Waals surface area (Å²) >= 11 is 0. The summed E-state index contributed by atoms with van der Waals surface area (Å²) in [5.41, 5.74) is 0.935. The molecule has 1 amide bonds. The Morgan fingerprint density at radius 3 is 2.59 bits per heavy atom. The molecule has 0 unspecified atom stereocenters. The van der Waals surface area contributed by atoms with Crippen LogP contribution in [-0.2, 0) is 16.6 Å². The van der Waals surface area contributed by atoms with Crippen LogP contribution in [-0.4, -0.2) is 32.4 Å². The molecule has 32 heavy (non-hydrogen) atoms. The molecular weight excluding hydrogens is 431 g/mol. The summed E-state index contributed by atoms with van der Waals surface area (Å²) in [4.78, 5) is 19.1. The minimum atomic E-state index is -4.06. The van der Waals surface area contributed by atoms with Gasteiger partial charge >= 0.3 is 0 Å². The van der Waals surface area contributed by atoms with E-state index in [0.29, 0.717) is 0 Å². The third kappa shape index (κ3) is 5.05. The van der Waals surface area contributed by atoms with Crippen molar-refractivity contribution in [2.75, 3.05) is 22.7 Å². The van der Waals surface area contributed by atoms with Gasteiger partial charge in [-0.05, 0) is 60.9 Å². The highest BCUT2D eigenvalue weighted by Crippen LogP contribution is 2.20. The van der Waals surface area contributed by atoms with E-state index in [1.54, 1.807) is 6.20 Å². The molecule has 2 N–H and O–H groups in total. The predicted octanol–water partition coefficient (Wildman–Crippen LogP) is 3.55. The Hall–Kier alpha value is -3.46. The van der Waals surface area contributed by atoms with Crippen molar-refractivity contribution in [3.05, 3.63) is 83.8 Å². The molecule has 1 aliphatic heterocycles. The third-order valence-electron chi connectivity index (χ3n) is 5.22. The van der Waals surface area contributed by atoms with Gasteiger partial charge in [0.15, 0.2) is 0 Å². The zero-order valence-corrected chi connectivity index (χ0v) is 18.1. The van der Waals surface area contributed by atoms with Gasteiger partial charge in [-0.2, -0.15) is 0 Å². The average molecular weight is 455 g/mol. The molecule has 0 radical (unpaired) electrons. The first-order valence-electron chi connectivity index (χ1n) is 10.3. The first-order valence-corrected chi connectivity index (χ1v) is 11.8. The summed E-state index contributed by atoms with van der Waals surface area (Å²) < 4.78 is 41.3. The predicted molar refractivity (Wildman–Crippen MR) is 121 cm³/mol. The molecule has 2 heterocycles. The maximum Gasteiger partial charge on any atom is 0.262 e. The number of pyridine rings is 1. The van der Waals surface area contributed by atoms with Crippen molar-refractivity contribution in [3.63, 3.8) is 0 Å². The Morgan fingerprint density at radius 2 is 1.81 bits per heavy atom. The lowest BCUT2D eigenvalue weighted by Gasteiger charge is -2.17. The second-order valence-electron chi connectivity index (χ2n) is 7.51. The third-order valence-corrected chi connectivity index (χ3v) is 6.58. The van der Waals surface area contributed by atoms with Gasteiger partial charge in [0.25, 0.3) is 15.9 Å². The highest BCUT2D eigenvalue weighted by Gasteiger charge is 2.18. The Morgan fingerprint density at radius 1 is 1.03 bits per heavy atom. The molecule has 0 spiro atoms. The van der Waals surface area contributed by atoms with E-state index in [4.69, 9.17) is 0 Å². The number of hydrogen-bond acceptors (Lipinski definition) is 5. The van der Waals surface area contributed by atoms with Gasteiger partial charge in [0, 0.05) is 31.4 Å². The normalized spacial score (nSPS) is 13.7. The van der Waals surface area contributed by atoms with Gasteiger partial charge in [-0.15, -0.1) is 0 Å². The van der Waals surface area contributed by atoms with Crippen molar-refractivity contribution in [3.8, 4) is 0 Å². The summed E-state index contributed by atoms with van der Waals surface area (Å²) in [5, 5.41) is 2.81. The van der Waals surface area contributed by atoms with E-state index in [9.17, 15) is 17.6 Å². The number of nitrogens with one attached hydrogen (secondary N) is 2. The van der Waals surface area contributed by atoms with Crippen LogP contribution in [0.4, 0.5) is 15.9 Å². The van der Waals surface area contributed by atoms with Crippen LogP contribution in [0.25, 0.3) is 0 Å². The van der Waals surface area contributed by atoms with Crippen LogP contribution in [0.15, 0.2) is 71.8 Å². The van der Waals surface area contributed by atoms with Gasteiger partial charge in [-0.25, -0.2) is 17.8 Å². The highest BCUT2D eigenvalue weighted by molar-refractivity contribution is 7.92. The van der Waals surface area contributed by atoms with Gasteiger partial charge in [-0.3, -0.25) is 9.52 Å². The SMILES string of the molecule is O=C(NCc1ccnc(N2CCCC2)c1)c1cccc(S(=O)(=O)Nc2ccccc2F)c1. The quantitative estimate of drug-likeness (QED) is 0.570. The molecule has 4 rings (SSSR count). The summed E-state index contributed by atoms with van der Waals surface area (Å²) in [6.45, 7) is 2.24. The molecular formula is C23H23FN4O3S. The van der Waals surface area contributed by atoms with Crippen LogP contribution in [0.1, 0.15) is 28.8 Å². The average Bonchev–Trinajstić information content (AvgIpc) is 3.34. The number of aromatic nitrogens is 1. The number of hydrogen-bond donors (Lipinski definition) is 2. The maximum atomic E-state index is 13.8. The van der Waals surface area contributed by atoms with Gasteiger partial charge in [0.2, 0.25) is 0 Å². The second-order valence-corrected chi connectivity index (χ2v) is 9.19.